The fraction of sp³-hybridized carbons (Fsp3) is 0.206. The van der Waals surface area contributed by atoms with Gasteiger partial charge in [0.2, 0.25) is 11.5 Å². The van der Waals surface area contributed by atoms with Crippen LogP contribution in [0.15, 0.2) is 72.8 Å². The molecule has 0 bridgehead atoms. The average molecular weight is 633 g/mol. The number of rotatable bonds is 13. The molecule has 0 N–H and O–H groups in total. The Hall–Kier alpha value is -5.91. The molecule has 0 spiro atoms. The summed E-state index contributed by atoms with van der Waals surface area (Å²) in [5.74, 6) is -1.11. The minimum Gasteiger partial charge on any atom is -0.493 e. The highest BCUT2D eigenvalue weighted by atomic mass is 16.6. The molecule has 240 valence electrons. The van der Waals surface area contributed by atoms with E-state index in [1.807, 2.05) is 6.07 Å². The van der Waals surface area contributed by atoms with Gasteiger partial charge in [0.05, 0.1) is 53.8 Å². The van der Waals surface area contributed by atoms with Crippen LogP contribution in [0.1, 0.15) is 36.6 Å². The Labute approximate surface area is 265 Å². The molecule has 0 atom stereocenters. The molecule has 46 heavy (non-hydrogen) atoms. The van der Waals surface area contributed by atoms with Gasteiger partial charge in [0.25, 0.3) is 0 Å². The lowest BCUT2D eigenvalue weighted by molar-refractivity contribution is 0.0465. The van der Waals surface area contributed by atoms with E-state index in [1.165, 1.54) is 85.1 Å². The maximum Gasteiger partial charge on any atom is 0.343 e. The Balaban J connectivity index is 1.67. The molecule has 0 saturated carbocycles. The summed E-state index contributed by atoms with van der Waals surface area (Å²) < 4.78 is 48.6. The largest absolute Gasteiger partial charge is 0.493 e. The van der Waals surface area contributed by atoms with Crippen LogP contribution >= 0.6 is 0 Å². The second-order valence-corrected chi connectivity index (χ2v) is 9.33. The van der Waals surface area contributed by atoms with Crippen molar-refractivity contribution in [3.8, 4) is 46.0 Å². The number of carbonyl (C=O) groups excluding carboxylic acids is 3. The van der Waals surface area contributed by atoms with E-state index < -0.39 is 17.9 Å². The van der Waals surface area contributed by atoms with Crippen LogP contribution in [0.4, 0.5) is 0 Å². The Kier molecular flexibility index (Phi) is 10.9. The molecule has 0 amide bonds. The standard InChI is InChI=1S/C34H32O12/c1-38-26-14-21(15-27(39-2)30(26)42-5)32(35)45-23-12-13-25(24(18-23)34(37)44-19-20-10-8-7-9-11-20)46-33(36)22-16-28(40-3)31(43-6)29(17-22)41-4/h7-18H,19H2,1-6H3. The van der Waals surface area contributed by atoms with Crippen molar-refractivity contribution >= 4 is 17.9 Å². The number of ether oxygens (including phenoxy) is 9. The molecule has 0 fully saturated rings. The van der Waals surface area contributed by atoms with Gasteiger partial charge in [-0.05, 0) is 48.0 Å². The zero-order valence-electron chi connectivity index (χ0n) is 26.0. The molecule has 12 heteroatoms. The van der Waals surface area contributed by atoms with Crippen LogP contribution in [0.25, 0.3) is 0 Å². The zero-order valence-corrected chi connectivity index (χ0v) is 26.0. The fourth-order valence-electron chi connectivity index (χ4n) is 4.34. The summed E-state index contributed by atoms with van der Waals surface area (Å²) in [6.45, 7) is -0.0601. The molecule has 4 rings (SSSR count). The summed E-state index contributed by atoms with van der Waals surface area (Å²) in [7, 11) is 8.51. The van der Waals surface area contributed by atoms with E-state index in [4.69, 9.17) is 42.6 Å². The van der Waals surface area contributed by atoms with E-state index in [0.717, 1.165) is 5.56 Å². The van der Waals surface area contributed by atoms with E-state index in [1.54, 1.807) is 24.3 Å². The van der Waals surface area contributed by atoms with Crippen molar-refractivity contribution in [2.24, 2.45) is 0 Å². The van der Waals surface area contributed by atoms with Crippen molar-refractivity contribution in [2.75, 3.05) is 42.7 Å². The normalized spacial score (nSPS) is 10.3. The Morgan fingerprint density at radius 2 is 0.978 bits per heavy atom. The Morgan fingerprint density at radius 1 is 0.500 bits per heavy atom. The molecule has 0 aliphatic heterocycles. The lowest BCUT2D eigenvalue weighted by Crippen LogP contribution is -2.15. The average Bonchev–Trinajstić information content (AvgIpc) is 3.09. The zero-order chi connectivity index (χ0) is 33.2. The van der Waals surface area contributed by atoms with Gasteiger partial charge in [-0.3, -0.25) is 0 Å². The van der Waals surface area contributed by atoms with Crippen LogP contribution in [-0.2, 0) is 11.3 Å². The highest BCUT2D eigenvalue weighted by Gasteiger charge is 2.24. The lowest BCUT2D eigenvalue weighted by atomic mass is 10.1. The van der Waals surface area contributed by atoms with Gasteiger partial charge >= 0.3 is 17.9 Å². The summed E-state index contributed by atoms with van der Waals surface area (Å²) in [5, 5.41) is 0. The van der Waals surface area contributed by atoms with Gasteiger partial charge in [-0.25, -0.2) is 14.4 Å². The first-order valence-corrected chi connectivity index (χ1v) is 13.7. The first-order valence-electron chi connectivity index (χ1n) is 13.7. The van der Waals surface area contributed by atoms with Crippen LogP contribution in [0.2, 0.25) is 0 Å². The van der Waals surface area contributed by atoms with Crippen LogP contribution in [-0.4, -0.2) is 60.6 Å². The molecule has 0 aliphatic carbocycles. The molecule has 0 unspecified atom stereocenters. The molecule has 0 heterocycles. The number of hydrogen-bond donors (Lipinski definition) is 0. The summed E-state index contributed by atoms with van der Waals surface area (Å²) in [6.07, 6.45) is 0. The number of hydrogen-bond acceptors (Lipinski definition) is 12. The van der Waals surface area contributed by atoms with E-state index in [9.17, 15) is 14.4 Å². The maximum atomic E-state index is 13.3. The molecule has 4 aromatic rings. The number of carbonyl (C=O) groups is 3. The minimum atomic E-state index is -0.835. The van der Waals surface area contributed by atoms with Gasteiger partial charge in [-0.15, -0.1) is 0 Å². The first kappa shape index (κ1) is 33.0. The van der Waals surface area contributed by atoms with Crippen molar-refractivity contribution in [3.05, 3.63) is 95.1 Å². The van der Waals surface area contributed by atoms with Crippen LogP contribution in [0.3, 0.4) is 0 Å². The third-order valence-electron chi connectivity index (χ3n) is 6.60. The highest BCUT2D eigenvalue weighted by molar-refractivity contribution is 5.98. The highest BCUT2D eigenvalue weighted by Crippen LogP contribution is 2.40. The van der Waals surface area contributed by atoms with Gasteiger partial charge in [0.15, 0.2) is 23.0 Å². The molecular formula is C34H32O12. The molecule has 0 aliphatic rings. The Bertz CT molecular complexity index is 1660. The molecule has 0 aromatic heterocycles. The maximum absolute atomic E-state index is 13.3. The summed E-state index contributed by atoms with van der Waals surface area (Å²) >= 11 is 0. The fourth-order valence-corrected chi connectivity index (χ4v) is 4.34. The van der Waals surface area contributed by atoms with Crippen LogP contribution in [0.5, 0.6) is 46.0 Å². The van der Waals surface area contributed by atoms with Gasteiger partial charge in [0, 0.05) is 0 Å². The molecule has 12 nitrogen and oxygen atoms in total. The van der Waals surface area contributed by atoms with Crippen molar-refractivity contribution in [1.82, 2.24) is 0 Å². The van der Waals surface area contributed by atoms with Crippen LogP contribution < -0.4 is 37.9 Å². The second kappa shape index (κ2) is 15.2. The summed E-state index contributed by atoms with van der Waals surface area (Å²) in [6, 6.07) is 18.6. The van der Waals surface area contributed by atoms with Crippen LogP contribution in [0, 0.1) is 0 Å². The SMILES string of the molecule is COc1cc(C(=O)Oc2ccc(OC(=O)c3cc(OC)c(OC)c(OC)c3)c(C(=O)OCc3ccccc3)c2)cc(OC)c1OC. The van der Waals surface area contributed by atoms with Crippen molar-refractivity contribution in [3.63, 3.8) is 0 Å². The van der Waals surface area contributed by atoms with E-state index in [0.29, 0.717) is 5.75 Å². The number of methoxy groups -OCH3 is 6. The molecule has 0 radical (unpaired) electrons. The number of esters is 3. The van der Waals surface area contributed by atoms with Crippen molar-refractivity contribution < 1.29 is 57.0 Å². The topological polar surface area (TPSA) is 134 Å². The summed E-state index contributed by atoms with van der Waals surface area (Å²) in [5.41, 5.74) is 0.695. The lowest BCUT2D eigenvalue weighted by Gasteiger charge is -2.15. The van der Waals surface area contributed by atoms with Gasteiger partial charge in [-0.2, -0.15) is 0 Å². The quantitative estimate of drug-likeness (QED) is 0.135. The first-order chi connectivity index (χ1) is 22.3. The molecule has 0 saturated heterocycles. The third kappa shape index (κ3) is 7.41. The molecular weight excluding hydrogens is 600 g/mol. The second-order valence-electron chi connectivity index (χ2n) is 9.33. The Morgan fingerprint density at radius 3 is 1.43 bits per heavy atom. The third-order valence-corrected chi connectivity index (χ3v) is 6.60. The molecule has 4 aromatic carbocycles. The van der Waals surface area contributed by atoms with Crippen molar-refractivity contribution in [1.29, 1.82) is 0 Å². The predicted molar refractivity (Wildman–Crippen MR) is 164 cm³/mol. The van der Waals surface area contributed by atoms with Gasteiger partial charge < -0.3 is 42.6 Å². The van der Waals surface area contributed by atoms with Gasteiger partial charge in [-0.1, -0.05) is 30.3 Å². The summed E-state index contributed by atoms with van der Waals surface area (Å²) in [4.78, 5) is 39.8. The van der Waals surface area contributed by atoms with E-state index >= 15 is 0 Å². The van der Waals surface area contributed by atoms with E-state index in [2.05, 4.69) is 0 Å². The monoisotopic (exact) mass is 632 g/mol. The smallest absolute Gasteiger partial charge is 0.343 e. The number of benzene rings is 4. The minimum absolute atomic E-state index is 0.0296. The van der Waals surface area contributed by atoms with Gasteiger partial charge in [0.1, 0.15) is 23.7 Å². The predicted octanol–water partition coefficient (Wildman–Crippen LogP) is 5.53. The van der Waals surface area contributed by atoms with E-state index in [-0.39, 0.29) is 63.5 Å². The van der Waals surface area contributed by atoms with Crippen molar-refractivity contribution in [2.45, 2.75) is 6.61 Å².